The fourth-order valence-corrected chi connectivity index (χ4v) is 2.78. The summed E-state index contributed by atoms with van der Waals surface area (Å²) in [4.78, 5) is 10.3. The van der Waals surface area contributed by atoms with Crippen LogP contribution in [0.25, 0.3) is 0 Å². The molecule has 0 bridgehead atoms. The van der Waals surface area contributed by atoms with Crippen molar-refractivity contribution in [3.63, 3.8) is 0 Å². The fourth-order valence-electron chi connectivity index (χ4n) is 1.54. The lowest BCUT2D eigenvalue weighted by Crippen LogP contribution is -2.35. The predicted molar refractivity (Wildman–Crippen MR) is 75.0 cm³/mol. The molecule has 0 saturated heterocycles. The Hall–Kier alpha value is -1.80. The number of hydrogen-bond donors (Lipinski definition) is 2. The first kappa shape index (κ1) is 16.3. The molecule has 2 N–H and O–H groups in total. The summed E-state index contributed by atoms with van der Waals surface area (Å²) in [6.45, 7) is 3.83. The third-order valence-corrected chi connectivity index (χ3v) is 4.20. The smallest absolute Gasteiger partial charge is 0.341 e. The molecule has 1 aromatic carbocycles. The van der Waals surface area contributed by atoms with Crippen LogP contribution in [0.3, 0.4) is 0 Å². The zero-order valence-electron chi connectivity index (χ0n) is 11.4. The zero-order chi connectivity index (χ0) is 15.2. The number of aliphatic carboxylic acids is 1. The maximum Gasteiger partial charge on any atom is 0.341 e. The van der Waals surface area contributed by atoms with Crippen molar-refractivity contribution in [3.8, 4) is 5.75 Å². The van der Waals surface area contributed by atoms with E-state index in [9.17, 15) is 13.2 Å². The minimum atomic E-state index is -3.57. The number of carbonyl (C=O) groups is 1. The van der Waals surface area contributed by atoms with Crippen LogP contribution in [0, 0.1) is 0 Å². The van der Waals surface area contributed by atoms with E-state index in [1.165, 1.54) is 28.6 Å². The minimum Gasteiger partial charge on any atom is -0.482 e. The molecule has 8 heteroatoms. The Bertz CT molecular complexity index is 537. The van der Waals surface area contributed by atoms with Gasteiger partial charge in [-0.1, -0.05) is 13.8 Å². The van der Waals surface area contributed by atoms with E-state index in [0.717, 1.165) is 0 Å². The highest BCUT2D eigenvalue weighted by Gasteiger charge is 2.18. The Morgan fingerprint density at radius 2 is 1.80 bits per heavy atom. The summed E-state index contributed by atoms with van der Waals surface area (Å²) in [5, 5.41) is 8.48. The maximum atomic E-state index is 12.0. The van der Waals surface area contributed by atoms with Crippen molar-refractivity contribution in [2.45, 2.75) is 13.8 Å². The van der Waals surface area contributed by atoms with E-state index < -0.39 is 22.8 Å². The number of benzene rings is 1. The van der Waals surface area contributed by atoms with Crippen LogP contribution in [-0.2, 0) is 15.0 Å². The molecule has 0 aliphatic carbocycles. The molecule has 0 atom stereocenters. The molecule has 0 fully saturated rings. The van der Waals surface area contributed by atoms with E-state index in [4.69, 9.17) is 9.84 Å². The molecular formula is C12H18N2O5S. The van der Waals surface area contributed by atoms with Crippen LogP contribution in [0.1, 0.15) is 13.8 Å². The Kier molecular flexibility index (Phi) is 5.78. The molecule has 0 aliphatic heterocycles. The number of carboxylic acids is 1. The van der Waals surface area contributed by atoms with Gasteiger partial charge in [0.05, 0.1) is 5.69 Å². The maximum absolute atomic E-state index is 12.0. The van der Waals surface area contributed by atoms with Gasteiger partial charge in [-0.15, -0.1) is 0 Å². The van der Waals surface area contributed by atoms with E-state index in [2.05, 4.69) is 4.72 Å². The van der Waals surface area contributed by atoms with Gasteiger partial charge >= 0.3 is 16.2 Å². The second kappa shape index (κ2) is 7.11. The van der Waals surface area contributed by atoms with Gasteiger partial charge in [0, 0.05) is 13.1 Å². The summed E-state index contributed by atoms with van der Waals surface area (Å²) >= 11 is 0. The fraction of sp³-hybridized carbons (Fsp3) is 0.417. The molecule has 112 valence electrons. The van der Waals surface area contributed by atoms with Crippen LogP contribution in [0.15, 0.2) is 24.3 Å². The molecule has 1 aromatic rings. The lowest BCUT2D eigenvalue weighted by molar-refractivity contribution is -0.139. The summed E-state index contributed by atoms with van der Waals surface area (Å²) in [6, 6.07) is 6.03. The van der Waals surface area contributed by atoms with Gasteiger partial charge in [0.25, 0.3) is 0 Å². The van der Waals surface area contributed by atoms with Crippen molar-refractivity contribution in [1.82, 2.24) is 4.31 Å². The van der Waals surface area contributed by atoms with Crippen LogP contribution >= 0.6 is 0 Å². The molecule has 0 spiro atoms. The van der Waals surface area contributed by atoms with E-state index in [-0.39, 0.29) is 0 Å². The normalized spacial score (nSPS) is 11.3. The average molecular weight is 302 g/mol. The van der Waals surface area contributed by atoms with Crippen molar-refractivity contribution >= 4 is 21.9 Å². The van der Waals surface area contributed by atoms with E-state index in [0.29, 0.717) is 24.5 Å². The number of rotatable bonds is 8. The Morgan fingerprint density at radius 3 is 2.25 bits per heavy atom. The quantitative estimate of drug-likeness (QED) is 0.751. The molecule has 0 amide bonds. The van der Waals surface area contributed by atoms with Crippen molar-refractivity contribution in [1.29, 1.82) is 0 Å². The number of ether oxygens (including phenoxy) is 1. The summed E-state index contributed by atoms with van der Waals surface area (Å²) in [5.41, 5.74) is 0.388. The minimum absolute atomic E-state index is 0.359. The number of nitrogens with one attached hydrogen (secondary N) is 1. The number of hydrogen-bond acceptors (Lipinski definition) is 4. The average Bonchev–Trinajstić information content (AvgIpc) is 2.38. The van der Waals surface area contributed by atoms with Gasteiger partial charge in [-0.2, -0.15) is 12.7 Å². The molecule has 0 radical (unpaired) electrons. The van der Waals surface area contributed by atoms with Crippen LogP contribution in [0.5, 0.6) is 5.75 Å². The monoisotopic (exact) mass is 302 g/mol. The Balaban J connectivity index is 2.72. The molecule has 20 heavy (non-hydrogen) atoms. The largest absolute Gasteiger partial charge is 0.482 e. The molecule has 0 aromatic heterocycles. The van der Waals surface area contributed by atoms with E-state index in [1.54, 1.807) is 13.8 Å². The number of nitrogens with zero attached hydrogens (tertiary/aromatic N) is 1. The number of anilines is 1. The lowest BCUT2D eigenvalue weighted by Gasteiger charge is -2.19. The van der Waals surface area contributed by atoms with E-state index in [1.807, 2.05) is 0 Å². The first-order valence-corrected chi connectivity index (χ1v) is 7.55. The van der Waals surface area contributed by atoms with Crippen molar-refractivity contribution in [2.75, 3.05) is 24.4 Å². The van der Waals surface area contributed by atoms with Crippen LogP contribution in [0.4, 0.5) is 5.69 Å². The highest BCUT2D eigenvalue weighted by molar-refractivity contribution is 7.90. The highest BCUT2D eigenvalue weighted by Crippen LogP contribution is 2.17. The van der Waals surface area contributed by atoms with Crippen LogP contribution in [0.2, 0.25) is 0 Å². The van der Waals surface area contributed by atoms with Gasteiger partial charge < -0.3 is 9.84 Å². The zero-order valence-corrected chi connectivity index (χ0v) is 12.2. The molecule has 7 nitrogen and oxygen atoms in total. The Morgan fingerprint density at radius 1 is 1.25 bits per heavy atom. The summed E-state index contributed by atoms with van der Waals surface area (Å²) in [5.74, 6) is -0.713. The molecule has 0 aliphatic rings. The van der Waals surface area contributed by atoms with E-state index >= 15 is 0 Å². The molecular weight excluding hydrogens is 284 g/mol. The molecule has 1 rings (SSSR count). The molecule has 0 heterocycles. The third-order valence-electron chi connectivity index (χ3n) is 2.51. The SMILES string of the molecule is CCN(CC)S(=O)(=O)Nc1ccc(OCC(=O)O)cc1. The topological polar surface area (TPSA) is 95.9 Å². The van der Waals surface area contributed by atoms with Gasteiger partial charge in [0.15, 0.2) is 6.61 Å². The van der Waals surface area contributed by atoms with Gasteiger partial charge in [-0.05, 0) is 24.3 Å². The Labute approximate surface area is 118 Å². The second-order valence-corrected chi connectivity index (χ2v) is 5.57. The summed E-state index contributed by atoms with van der Waals surface area (Å²) in [7, 11) is -3.57. The van der Waals surface area contributed by atoms with Gasteiger partial charge in [0.1, 0.15) is 5.75 Å². The van der Waals surface area contributed by atoms with Gasteiger partial charge in [0.2, 0.25) is 0 Å². The second-order valence-electron chi connectivity index (χ2n) is 3.90. The first-order chi connectivity index (χ1) is 9.39. The van der Waals surface area contributed by atoms with Crippen molar-refractivity contribution < 1.29 is 23.1 Å². The van der Waals surface area contributed by atoms with Crippen molar-refractivity contribution in [3.05, 3.63) is 24.3 Å². The van der Waals surface area contributed by atoms with Crippen LogP contribution in [-0.4, -0.2) is 43.5 Å². The number of carboxylic acid groups (broad SMARTS) is 1. The summed E-state index contributed by atoms with van der Waals surface area (Å²) in [6.07, 6.45) is 0. The standard InChI is InChI=1S/C12H18N2O5S/c1-3-14(4-2)20(17,18)13-10-5-7-11(8-6-10)19-9-12(15)16/h5-8,13H,3-4,9H2,1-2H3,(H,15,16). The first-order valence-electron chi connectivity index (χ1n) is 6.11. The van der Waals surface area contributed by atoms with Crippen molar-refractivity contribution in [2.24, 2.45) is 0 Å². The van der Waals surface area contributed by atoms with Gasteiger partial charge in [-0.25, -0.2) is 4.79 Å². The molecule has 0 saturated carbocycles. The summed E-state index contributed by atoms with van der Waals surface area (Å²) < 4.78 is 32.6. The third kappa shape index (κ3) is 4.71. The lowest BCUT2D eigenvalue weighted by atomic mass is 10.3. The molecule has 0 unspecified atom stereocenters. The highest BCUT2D eigenvalue weighted by atomic mass is 32.2. The van der Waals surface area contributed by atoms with Crippen LogP contribution < -0.4 is 9.46 Å². The predicted octanol–water partition coefficient (Wildman–Crippen LogP) is 1.15. The van der Waals surface area contributed by atoms with Gasteiger partial charge in [-0.3, -0.25) is 4.72 Å².